The van der Waals surface area contributed by atoms with Crippen molar-refractivity contribution in [2.45, 2.75) is 13.3 Å². The molecule has 1 aliphatic rings. The zero-order valence-corrected chi connectivity index (χ0v) is 14.4. The van der Waals surface area contributed by atoms with E-state index in [1.807, 2.05) is 49.4 Å². The highest BCUT2D eigenvalue weighted by Crippen LogP contribution is 2.28. The van der Waals surface area contributed by atoms with Crippen molar-refractivity contribution in [2.24, 2.45) is 0 Å². The summed E-state index contributed by atoms with van der Waals surface area (Å²) >= 11 is 0. The summed E-state index contributed by atoms with van der Waals surface area (Å²) in [6.45, 7) is 1.98. The van der Waals surface area contributed by atoms with Gasteiger partial charge in [-0.1, -0.05) is 36.4 Å². The van der Waals surface area contributed by atoms with Crippen LogP contribution in [-0.4, -0.2) is 23.3 Å². The number of aromatic nitrogens is 2. The van der Waals surface area contributed by atoms with Crippen LogP contribution >= 0.6 is 0 Å². The molecular weight excluding hydrogens is 330 g/mol. The van der Waals surface area contributed by atoms with E-state index in [4.69, 9.17) is 14.7 Å². The van der Waals surface area contributed by atoms with Crippen molar-refractivity contribution in [3.8, 4) is 17.5 Å². The summed E-state index contributed by atoms with van der Waals surface area (Å²) in [5.74, 6) is 0.146. The molecule has 6 heteroatoms. The Bertz CT molecular complexity index is 974. The maximum Gasteiger partial charge on any atom is 0.356 e. The Balaban J connectivity index is 1.93. The lowest BCUT2D eigenvalue weighted by Gasteiger charge is -2.08. The third-order valence-electron chi connectivity index (χ3n) is 4.04. The molecule has 1 heterocycles. The number of aryl methyl sites for hydroxylation is 1. The topological polar surface area (TPSA) is 88.0 Å². The predicted octanol–water partition coefficient (Wildman–Crippen LogP) is 3.90. The van der Waals surface area contributed by atoms with E-state index in [0.717, 1.165) is 22.3 Å². The first kappa shape index (κ1) is 17.2. The lowest BCUT2D eigenvalue weighted by Crippen LogP contribution is -2.00. The number of hydrogen-bond acceptors (Lipinski definition) is 5. The molecule has 2 aromatic rings. The first-order chi connectivity index (χ1) is 12.6. The van der Waals surface area contributed by atoms with Gasteiger partial charge in [-0.25, -0.2) is 4.79 Å². The number of nitriles is 1. The highest BCUT2D eigenvalue weighted by molar-refractivity contribution is 5.88. The SMILES string of the molecule is COC(=O)c1cc(-c2ccc(C3=CC=CCC(OC#N)=C3)cc2C)n[nH]1. The average molecular weight is 347 g/mol. The fraction of sp³-hybridized carbons (Fsp3) is 0.150. The highest BCUT2D eigenvalue weighted by atomic mass is 16.5. The first-order valence-corrected chi connectivity index (χ1v) is 8.01. The number of methoxy groups -OCH3 is 1. The molecule has 0 radical (unpaired) electrons. The molecule has 0 atom stereocenters. The normalized spacial score (nSPS) is 13.3. The maximum absolute atomic E-state index is 11.6. The molecule has 1 aliphatic carbocycles. The van der Waals surface area contributed by atoms with Crippen LogP contribution in [0.15, 0.2) is 54.3 Å². The Labute approximate surface area is 151 Å². The molecule has 1 aromatic carbocycles. The number of allylic oxidation sites excluding steroid dienone is 5. The number of hydrogen-bond donors (Lipinski definition) is 1. The molecule has 0 spiro atoms. The first-order valence-electron chi connectivity index (χ1n) is 8.01. The zero-order chi connectivity index (χ0) is 18.5. The number of ether oxygens (including phenoxy) is 2. The van der Waals surface area contributed by atoms with Gasteiger partial charge in [0.25, 0.3) is 6.26 Å². The predicted molar refractivity (Wildman–Crippen MR) is 96.6 cm³/mol. The minimum atomic E-state index is -0.455. The summed E-state index contributed by atoms with van der Waals surface area (Å²) in [6, 6.07) is 7.63. The number of carbonyl (C=O) groups is 1. The van der Waals surface area contributed by atoms with Crippen molar-refractivity contribution >= 4 is 11.5 Å². The van der Waals surface area contributed by atoms with Crippen molar-refractivity contribution in [1.29, 1.82) is 5.26 Å². The second kappa shape index (κ2) is 7.53. The molecule has 0 saturated heterocycles. The number of benzene rings is 1. The average Bonchev–Trinajstić information content (AvgIpc) is 3.01. The number of aromatic amines is 1. The Morgan fingerprint density at radius 2 is 2.19 bits per heavy atom. The minimum absolute atomic E-state index is 0.309. The largest absolute Gasteiger partial charge is 0.464 e. The van der Waals surface area contributed by atoms with E-state index < -0.39 is 5.97 Å². The van der Waals surface area contributed by atoms with Gasteiger partial charge in [-0.3, -0.25) is 5.10 Å². The fourth-order valence-electron chi connectivity index (χ4n) is 2.75. The number of nitrogens with one attached hydrogen (secondary N) is 1. The third-order valence-corrected chi connectivity index (χ3v) is 4.04. The van der Waals surface area contributed by atoms with Crippen LogP contribution in [0, 0.1) is 18.4 Å². The monoisotopic (exact) mass is 347 g/mol. The van der Waals surface area contributed by atoms with E-state index in [1.54, 1.807) is 12.3 Å². The molecule has 0 unspecified atom stereocenters. The lowest BCUT2D eigenvalue weighted by atomic mass is 9.97. The van der Waals surface area contributed by atoms with E-state index >= 15 is 0 Å². The molecule has 0 aliphatic heterocycles. The second-order valence-corrected chi connectivity index (χ2v) is 5.75. The van der Waals surface area contributed by atoms with Gasteiger partial charge in [-0.15, -0.1) is 5.26 Å². The van der Waals surface area contributed by atoms with Gasteiger partial charge in [0.2, 0.25) is 0 Å². The van der Waals surface area contributed by atoms with Gasteiger partial charge in [0.1, 0.15) is 11.5 Å². The van der Waals surface area contributed by atoms with Crippen LogP contribution in [0.5, 0.6) is 0 Å². The maximum atomic E-state index is 11.6. The van der Waals surface area contributed by atoms with Gasteiger partial charge in [0.15, 0.2) is 0 Å². The lowest BCUT2D eigenvalue weighted by molar-refractivity contribution is 0.0594. The van der Waals surface area contributed by atoms with Crippen molar-refractivity contribution in [3.63, 3.8) is 0 Å². The number of nitrogens with zero attached hydrogens (tertiary/aromatic N) is 2. The van der Waals surface area contributed by atoms with Crippen molar-refractivity contribution in [2.75, 3.05) is 7.11 Å². The van der Waals surface area contributed by atoms with Gasteiger partial charge in [-0.05, 0) is 35.8 Å². The Morgan fingerprint density at radius 1 is 1.35 bits per heavy atom. The Morgan fingerprint density at radius 3 is 2.92 bits per heavy atom. The van der Waals surface area contributed by atoms with E-state index in [9.17, 15) is 4.79 Å². The van der Waals surface area contributed by atoms with Crippen molar-refractivity contribution in [3.05, 3.63) is 71.1 Å². The molecule has 0 amide bonds. The zero-order valence-electron chi connectivity index (χ0n) is 14.4. The van der Waals surface area contributed by atoms with E-state index in [-0.39, 0.29) is 0 Å². The quantitative estimate of drug-likeness (QED) is 0.669. The summed E-state index contributed by atoms with van der Waals surface area (Å²) in [4.78, 5) is 11.6. The summed E-state index contributed by atoms with van der Waals surface area (Å²) in [7, 11) is 1.33. The molecular formula is C20H17N3O3. The molecule has 0 saturated carbocycles. The molecule has 130 valence electrons. The summed E-state index contributed by atoms with van der Waals surface area (Å²) in [6.07, 6.45) is 10.0. The smallest absolute Gasteiger partial charge is 0.356 e. The van der Waals surface area contributed by atoms with Crippen LogP contribution in [0.4, 0.5) is 0 Å². The van der Waals surface area contributed by atoms with Gasteiger partial charge in [0, 0.05) is 12.0 Å². The molecule has 1 N–H and O–H groups in total. The number of carbonyl (C=O) groups excluding carboxylic acids is 1. The minimum Gasteiger partial charge on any atom is -0.464 e. The van der Waals surface area contributed by atoms with Gasteiger partial charge in [-0.2, -0.15) is 5.10 Å². The van der Waals surface area contributed by atoms with Crippen LogP contribution in [0.3, 0.4) is 0 Å². The van der Waals surface area contributed by atoms with Gasteiger partial charge < -0.3 is 9.47 Å². The van der Waals surface area contributed by atoms with Crippen LogP contribution in [0.2, 0.25) is 0 Å². The van der Waals surface area contributed by atoms with Crippen LogP contribution in [0.25, 0.3) is 16.8 Å². The molecule has 0 bridgehead atoms. The summed E-state index contributed by atoms with van der Waals surface area (Å²) in [5.41, 5.74) is 4.87. The van der Waals surface area contributed by atoms with Crippen molar-refractivity contribution in [1.82, 2.24) is 10.2 Å². The molecule has 26 heavy (non-hydrogen) atoms. The van der Waals surface area contributed by atoms with Gasteiger partial charge in [0.05, 0.1) is 12.8 Å². The van der Waals surface area contributed by atoms with Crippen LogP contribution in [0.1, 0.15) is 28.0 Å². The number of rotatable bonds is 4. The van der Waals surface area contributed by atoms with E-state index in [0.29, 0.717) is 23.6 Å². The van der Waals surface area contributed by atoms with Crippen molar-refractivity contribution < 1.29 is 14.3 Å². The number of H-pyrrole nitrogens is 1. The second-order valence-electron chi connectivity index (χ2n) is 5.75. The highest BCUT2D eigenvalue weighted by Gasteiger charge is 2.13. The van der Waals surface area contributed by atoms with Crippen LogP contribution in [-0.2, 0) is 9.47 Å². The number of esters is 1. The standard InChI is InChI=1S/C20H17N3O3/c1-13-9-15(14-5-3-4-6-16(10-14)26-12-21)7-8-17(13)18-11-19(23-22-18)20(24)25-2/h3-5,7-11H,6H2,1-2H3,(H,22,23). The molecule has 0 fully saturated rings. The molecule has 6 nitrogen and oxygen atoms in total. The van der Waals surface area contributed by atoms with E-state index in [1.165, 1.54) is 7.11 Å². The fourth-order valence-corrected chi connectivity index (χ4v) is 2.75. The van der Waals surface area contributed by atoms with Crippen LogP contribution < -0.4 is 0 Å². The van der Waals surface area contributed by atoms with E-state index in [2.05, 4.69) is 10.2 Å². The molecule has 1 aromatic heterocycles. The summed E-state index contributed by atoms with van der Waals surface area (Å²) < 4.78 is 9.68. The Kier molecular flexibility index (Phi) is 4.99. The van der Waals surface area contributed by atoms with Gasteiger partial charge >= 0.3 is 5.97 Å². The summed E-state index contributed by atoms with van der Waals surface area (Å²) in [5, 5.41) is 15.6. The molecule has 3 rings (SSSR count). The third kappa shape index (κ3) is 3.57. The Hall–Kier alpha value is -3.59.